The fourth-order valence-electron chi connectivity index (χ4n) is 2.74. The quantitative estimate of drug-likeness (QED) is 0.461. The summed E-state index contributed by atoms with van der Waals surface area (Å²) in [5.41, 5.74) is 0. The lowest BCUT2D eigenvalue weighted by molar-refractivity contribution is -0.378. The van der Waals surface area contributed by atoms with Crippen LogP contribution in [0.25, 0.3) is 0 Å². The molecule has 0 amide bonds. The summed E-state index contributed by atoms with van der Waals surface area (Å²) >= 11 is 0. The second kappa shape index (κ2) is 2.94. The minimum Gasteiger partial charge on any atom is -0.336 e. The van der Waals surface area contributed by atoms with Gasteiger partial charge in [0.2, 0.25) is 5.79 Å². The zero-order chi connectivity index (χ0) is 8.73. The first-order valence-electron chi connectivity index (χ1n) is 5.40. The molecule has 0 bridgehead atoms. The number of epoxide rings is 1. The van der Waals surface area contributed by atoms with Gasteiger partial charge in [-0.1, -0.05) is 19.3 Å². The molecule has 13 heavy (non-hydrogen) atoms. The topological polar surface area (TPSA) is 31.0 Å². The second-order valence-corrected chi connectivity index (χ2v) is 4.36. The van der Waals surface area contributed by atoms with Crippen LogP contribution in [-0.2, 0) is 14.5 Å². The van der Waals surface area contributed by atoms with Gasteiger partial charge < -0.3 is 4.74 Å². The lowest BCUT2D eigenvalue weighted by Gasteiger charge is -2.28. The summed E-state index contributed by atoms with van der Waals surface area (Å²) in [6.45, 7) is 0.694. The van der Waals surface area contributed by atoms with Crippen molar-refractivity contribution >= 4 is 0 Å². The van der Waals surface area contributed by atoms with E-state index in [1.807, 2.05) is 0 Å². The van der Waals surface area contributed by atoms with E-state index in [-0.39, 0.29) is 5.79 Å². The molecule has 3 rings (SSSR count). The van der Waals surface area contributed by atoms with Crippen molar-refractivity contribution in [1.82, 2.24) is 0 Å². The third-order valence-corrected chi connectivity index (χ3v) is 3.54. The first-order valence-corrected chi connectivity index (χ1v) is 5.40. The molecule has 1 saturated carbocycles. The van der Waals surface area contributed by atoms with Crippen LogP contribution in [0.1, 0.15) is 38.5 Å². The predicted molar refractivity (Wildman–Crippen MR) is 45.8 cm³/mol. The molecular weight excluding hydrogens is 168 g/mol. The maximum atomic E-state index is 5.66. The van der Waals surface area contributed by atoms with E-state index in [0.29, 0.717) is 18.6 Å². The van der Waals surface area contributed by atoms with Crippen molar-refractivity contribution in [3.05, 3.63) is 0 Å². The average Bonchev–Trinajstić information content (AvgIpc) is 2.94. The molecule has 2 unspecified atom stereocenters. The largest absolute Gasteiger partial charge is 0.336 e. The summed E-state index contributed by atoms with van der Waals surface area (Å²) in [4.78, 5) is 10.4. The molecule has 2 heterocycles. The normalized spacial score (nSPS) is 45.7. The van der Waals surface area contributed by atoms with E-state index >= 15 is 0 Å². The molecule has 1 aliphatic carbocycles. The van der Waals surface area contributed by atoms with Crippen molar-refractivity contribution in [3.63, 3.8) is 0 Å². The molecule has 3 heteroatoms. The number of ether oxygens (including phenoxy) is 1. The van der Waals surface area contributed by atoms with Gasteiger partial charge >= 0.3 is 0 Å². The van der Waals surface area contributed by atoms with Crippen molar-refractivity contribution in [2.75, 3.05) is 6.61 Å². The molecule has 74 valence electrons. The Balaban J connectivity index is 1.69. The molecule has 0 radical (unpaired) electrons. The van der Waals surface area contributed by atoms with Crippen LogP contribution in [0.2, 0.25) is 0 Å². The Morgan fingerprint density at radius 3 is 2.62 bits per heavy atom. The molecule has 2 saturated heterocycles. The van der Waals surface area contributed by atoms with Crippen LogP contribution in [0.4, 0.5) is 0 Å². The van der Waals surface area contributed by atoms with Gasteiger partial charge in [0.15, 0.2) is 0 Å². The molecule has 2 atom stereocenters. The highest BCUT2D eigenvalue weighted by Crippen LogP contribution is 2.52. The van der Waals surface area contributed by atoms with Crippen LogP contribution >= 0.6 is 0 Å². The van der Waals surface area contributed by atoms with Crippen molar-refractivity contribution in [2.45, 2.75) is 50.4 Å². The van der Waals surface area contributed by atoms with Crippen molar-refractivity contribution in [1.29, 1.82) is 0 Å². The van der Waals surface area contributed by atoms with Gasteiger partial charge in [0.1, 0.15) is 6.10 Å². The van der Waals surface area contributed by atoms with Crippen molar-refractivity contribution in [2.24, 2.45) is 5.92 Å². The van der Waals surface area contributed by atoms with E-state index in [1.54, 1.807) is 0 Å². The summed E-state index contributed by atoms with van der Waals surface area (Å²) in [5, 5.41) is 0. The van der Waals surface area contributed by atoms with Crippen molar-refractivity contribution < 1.29 is 14.5 Å². The zero-order valence-corrected chi connectivity index (χ0v) is 7.83. The molecule has 0 aromatic carbocycles. The van der Waals surface area contributed by atoms with Crippen LogP contribution in [-0.4, -0.2) is 18.5 Å². The van der Waals surface area contributed by atoms with Crippen LogP contribution < -0.4 is 0 Å². The van der Waals surface area contributed by atoms with Gasteiger partial charge in [-0.15, -0.1) is 0 Å². The number of fused-ring (bicyclic) bond motifs is 1. The standard InChI is InChI=1S/C10H16O3/c1-2-4-8(5-3-1)10-9(12-10)6-7-11-13-10/h8-9H,1-7H2. The smallest absolute Gasteiger partial charge is 0.231 e. The Bertz CT molecular complexity index is 200. The van der Waals surface area contributed by atoms with E-state index in [0.717, 1.165) is 6.42 Å². The average molecular weight is 184 g/mol. The van der Waals surface area contributed by atoms with Crippen LogP contribution in [0.15, 0.2) is 0 Å². The molecule has 3 nitrogen and oxygen atoms in total. The number of hydrogen-bond donors (Lipinski definition) is 0. The minimum absolute atomic E-state index is 0.307. The Labute approximate surface area is 78.3 Å². The Hall–Kier alpha value is -0.120. The summed E-state index contributed by atoms with van der Waals surface area (Å²) in [6.07, 6.45) is 7.87. The Morgan fingerprint density at radius 2 is 1.85 bits per heavy atom. The fourth-order valence-corrected chi connectivity index (χ4v) is 2.74. The van der Waals surface area contributed by atoms with Gasteiger partial charge in [0.25, 0.3) is 0 Å². The summed E-state index contributed by atoms with van der Waals surface area (Å²) in [6, 6.07) is 0. The maximum absolute atomic E-state index is 5.66. The van der Waals surface area contributed by atoms with E-state index in [2.05, 4.69) is 0 Å². The third-order valence-electron chi connectivity index (χ3n) is 3.54. The Kier molecular flexibility index (Phi) is 1.86. The highest BCUT2D eigenvalue weighted by atomic mass is 17.3. The van der Waals surface area contributed by atoms with E-state index < -0.39 is 0 Å². The lowest BCUT2D eigenvalue weighted by Crippen LogP contribution is -2.35. The molecule has 0 spiro atoms. The number of rotatable bonds is 1. The predicted octanol–water partition coefficient (Wildman–Crippen LogP) is 2.01. The van der Waals surface area contributed by atoms with Crippen LogP contribution in [0.5, 0.6) is 0 Å². The number of hydrogen-bond acceptors (Lipinski definition) is 3. The van der Waals surface area contributed by atoms with E-state index in [1.165, 1.54) is 32.1 Å². The molecule has 0 aromatic rings. The summed E-state index contributed by atoms with van der Waals surface area (Å²) < 4.78 is 5.66. The minimum atomic E-state index is -0.307. The molecule has 3 aliphatic rings. The monoisotopic (exact) mass is 184 g/mol. The van der Waals surface area contributed by atoms with E-state index in [4.69, 9.17) is 14.5 Å². The first-order chi connectivity index (χ1) is 6.42. The molecule has 2 aliphatic heterocycles. The Morgan fingerprint density at radius 1 is 1.00 bits per heavy atom. The van der Waals surface area contributed by atoms with Crippen molar-refractivity contribution in [3.8, 4) is 0 Å². The highest BCUT2D eigenvalue weighted by molar-refractivity contribution is 5.00. The van der Waals surface area contributed by atoms with Crippen LogP contribution in [0, 0.1) is 5.92 Å². The summed E-state index contributed by atoms with van der Waals surface area (Å²) in [5.74, 6) is 0.283. The summed E-state index contributed by atoms with van der Waals surface area (Å²) in [7, 11) is 0. The highest BCUT2D eigenvalue weighted by Gasteiger charge is 2.65. The van der Waals surface area contributed by atoms with Gasteiger partial charge in [-0.3, -0.25) is 0 Å². The fraction of sp³-hybridized carbons (Fsp3) is 1.00. The molecular formula is C10H16O3. The first kappa shape index (κ1) is 8.21. The van der Waals surface area contributed by atoms with Gasteiger partial charge in [-0.05, 0) is 12.8 Å². The molecule has 3 fully saturated rings. The molecule has 0 aromatic heterocycles. The van der Waals surface area contributed by atoms with E-state index in [9.17, 15) is 0 Å². The lowest BCUT2D eigenvalue weighted by atomic mass is 9.83. The second-order valence-electron chi connectivity index (χ2n) is 4.36. The van der Waals surface area contributed by atoms with Gasteiger partial charge in [0.05, 0.1) is 6.61 Å². The third kappa shape index (κ3) is 1.22. The van der Waals surface area contributed by atoms with Crippen LogP contribution in [0.3, 0.4) is 0 Å². The SMILES string of the molecule is C1CCC(C23OOCCC2O3)CC1. The zero-order valence-electron chi connectivity index (χ0n) is 7.83. The van der Waals surface area contributed by atoms with Gasteiger partial charge in [-0.2, -0.15) is 4.89 Å². The van der Waals surface area contributed by atoms with Gasteiger partial charge in [-0.25, -0.2) is 4.89 Å². The maximum Gasteiger partial charge on any atom is 0.231 e. The van der Waals surface area contributed by atoms with Gasteiger partial charge in [0, 0.05) is 12.3 Å². The molecule has 0 N–H and O–H groups in total.